The Bertz CT molecular complexity index is 1130. The highest BCUT2D eigenvalue weighted by Crippen LogP contribution is 2.27. The van der Waals surface area contributed by atoms with Crippen LogP contribution in [-0.2, 0) is 0 Å². The Morgan fingerprint density at radius 1 is 1.08 bits per heavy atom. The number of hydrogen-bond acceptors (Lipinski definition) is 4. The minimum Gasteiger partial charge on any atom is -0.336 e. The van der Waals surface area contributed by atoms with Gasteiger partial charge in [-0.1, -0.05) is 35.5 Å². The van der Waals surface area contributed by atoms with Gasteiger partial charge < -0.3 is 9.42 Å². The van der Waals surface area contributed by atoms with Crippen LogP contribution in [0.3, 0.4) is 0 Å². The number of rotatable bonds is 3. The van der Waals surface area contributed by atoms with E-state index in [-0.39, 0.29) is 5.91 Å². The Kier molecular flexibility index (Phi) is 3.92. The lowest BCUT2D eigenvalue weighted by atomic mass is 10.1. The van der Waals surface area contributed by atoms with E-state index in [4.69, 9.17) is 4.52 Å². The molecule has 0 saturated carbocycles. The minimum atomic E-state index is -0.0791. The van der Waals surface area contributed by atoms with Crippen molar-refractivity contribution < 1.29 is 9.32 Å². The lowest BCUT2D eigenvalue weighted by Gasteiger charge is -2.22. The van der Waals surface area contributed by atoms with E-state index in [0.29, 0.717) is 28.9 Å². The van der Waals surface area contributed by atoms with Crippen molar-refractivity contribution >= 4 is 33.5 Å². The van der Waals surface area contributed by atoms with Crippen LogP contribution in [0.5, 0.6) is 0 Å². The summed E-state index contributed by atoms with van der Waals surface area (Å²) in [6.07, 6.45) is 0. The van der Waals surface area contributed by atoms with Crippen LogP contribution >= 0.6 is 0 Å². The smallest absolute Gasteiger partial charge is 0.259 e. The Morgan fingerprint density at radius 3 is 2.62 bits per heavy atom. The zero-order chi connectivity index (χ0) is 18.3. The molecule has 4 aromatic rings. The minimum absolute atomic E-state index is 0.0791. The molecule has 5 nitrogen and oxygen atoms in total. The first kappa shape index (κ1) is 16.3. The molecule has 0 aliphatic heterocycles. The monoisotopic (exact) mass is 345 g/mol. The van der Waals surface area contributed by atoms with Crippen LogP contribution in [0.1, 0.15) is 28.7 Å². The van der Waals surface area contributed by atoms with Gasteiger partial charge in [0.1, 0.15) is 0 Å². The molecule has 0 unspecified atom stereocenters. The molecule has 0 spiro atoms. The fourth-order valence-corrected chi connectivity index (χ4v) is 3.32. The maximum absolute atomic E-state index is 13.4. The van der Waals surface area contributed by atoms with Crippen molar-refractivity contribution in [3.8, 4) is 0 Å². The highest BCUT2D eigenvalue weighted by Gasteiger charge is 2.23. The molecule has 0 fully saturated rings. The molecule has 0 bridgehead atoms. The van der Waals surface area contributed by atoms with Crippen LogP contribution in [0, 0.1) is 13.8 Å². The summed E-state index contributed by atoms with van der Waals surface area (Å²) in [5.41, 5.74) is 3.24. The average Bonchev–Trinajstić information content (AvgIpc) is 3.02. The van der Waals surface area contributed by atoms with Crippen LogP contribution in [0.2, 0.25) is 0 Å². The summed E-state index contributed by atoms with van der Waals surface area (Å²) < 4.78 is 5.27. The molecule has 4 rings (SSSR count). The summed E-state index contributed by atoms with van der Waals surface area (Å²) in [6.45, 7) is 6.20. The summed E-state index contributed by atoms with van der Waals surface area (Å²) in [5.74, 6) is -0.0791. The molecule has 0 aliphatic carbocycles. The molecule has 0 radical (unpaired) electrons. The van der Waals surface area contributed by atoms with Gasteiger partial charge in [0.2, 0.25) is 0 Å². The van der Waals surface area contributed by atoms with Crippen molar-refractivity contribution in [2.45, 2.75) is 20.8 Å². The van der Waals surface area contributed by atoms with Gasteiger partial charge in [0, 0.05) is 17.9 Å². The third kappa shape index (κ3) is 2.62. The number of aromatic nitrogens is 2. The van der Waals surface area contributed by atoms with Gasteiger partial charge in [-0.3, -0.25) is 4.79 Å². The van der Waals surface area contributed by atoms with Gasteiger partial charge in [0.25, 0.3) is 11.6 Å². The molecule has 26 heavy (non-hydrogen) atoms. The highest BCUT2D eigenvalue weighted by molar-refractivity contribution is 6.14. The van der Waals surface area contributed by atoms with E-state index in [9.17, 15) is 4.79 Å². The Balaban J connectivity index is 1.84. The number of carbonyl (C=O) groups is 1. The van der Waals surface area contributed by atoms with Gasteiger partial charge in [-0.2, -0.15) is 0 Å². The van der Waals surface area contributed by atoms with Crippen LogP contribution in [-0.4, -0.2) is 22.6 Å². The van der Waals surface area contributed by atoms with E-state index in [2.05, 4.69) is 22.3 Å². The summed E-state index contributed by atoms with van der Waals surface area (Å²) in [4.78, 5) is 19.5. The fourth-order valence-electron chi connectivity index (χ4n) is 3.32. The molecule has 0 aliphatic rings. The van der Waals surface area contributed by atoms with Crippen molar-refractivity contribution in [1.82, 2.24) is 10.1 Å². The van der Waals surface area contributed by atoms with Crippen LogP contribution in [0.4, 0.5) is 5.69 Å². The maximum atomic E-state index is 13.4. The third-order valence-electron chi connectivity index (χ3n) is 4.58. The SMILES string of the molecule is CCN(C(=O)c1cc(C)nc2onc(C)c12)c1ccc2ccccc2c1. The number of carbonyl (C=O) groups excluding carboxylic acids is 1. The zero-order valence-corrected chi connectivity index (χ0v) is 15.0. The molecule has 5 heteroatoms. The number of amides is 1. The Hall–Kier alpha value is -3.21. The largest absolute Gasteiger partial charge is 0.336 e. The lowest BCUT2D eigenvalue weighted by molar-refractivity contribution is 0.0989. The highest BCUT2D eigenvalue weighted by atomic mass is 16.5. The van der Waals surface area contributed by atoms with E-state index in [1.165, 1.54) is 0 Å². The van der Waals surface area contributed by atoms with Crippen LogP contribution in [0.15, 0.2) is 53.1 Å². The molecule has 130 valence electrons. The van der Waals surface area contributed by atoms with E-state index in [1.54, 1.807) is 11.0 Å². The van der Waals surface area contributed by atoms with Gasteiger partial charge in [-0.25, -0.2) is 4.98 Å². The topological polar surface area (TPSA) is 59.2 Å². The number of hydrogen-bond donors (Lipinski definition) is 0. The second kappa shape index (κ2) is 6.26. The number of benzene rings is 2. The molecule has 0 saturated heterocycles. The molecule has 2 heterocycles. The van der Waals surface area contributed by atoms with Crippen molar-refractivity contribution in [3.05, 3.63) is 65.5 Å². The quantitative estimate of drug-likeness (QED) is 0.542. The standard InChI is InChI=1S/C21H19N3O2/c1-4-24(17-10-9-15-7-5-6-8-16(15)12-17)21(25)18-11-13(2)22-20-19(18)14(3)23-26-20/h5-12H,4H2,1-3H3. The fraction of sp³-hybridized carbons (Fsp3) is 0.190. The second-order valence-corrected chi connectivity index (χ2v) is 6.34. The van der Waals surface area contributed by atoms with Crippen molar-refractivity contribution in [2.75, 3.05) is 11.4 Å². The van der Waals surface area contributed by atoms with E-state index < -0.39 is 0 Å². The van der Waals surface area contributed by atoms with E-state index >= 15 is 0 Å². The first-order valence-electron chi connectivity index (χ1n) is 8.62. The Morgan fingerprint density at radius 2 is 1.85 bits per heavy atom. The van der Waals surface area contributed by atoms with Gasteiger partial charge >= 0.3 is 0 Å². The molecule has 2 aromatic heterocycles. The number of aryl methyl sites for hydroxylation is 2. The predicted octanol–water partition coefficient (Wildman–Crippen LogP) is 4.66. The maximum Gasteiger partial charge on any atom is 0.259 e. The second-order valence-electron chi connectivity index (χ2n) is 6.34. The summed E-state index contributed by atoms with van der Waals surface area (Å²) in [7, 11) is 0. The summed E-state index contributed by atoms with van der Waals surface area (Å²) >= 11 is 0. The van der Waals surface area contributed by atoms with Gasteiger partial charge in [0.05, 0.1) is 16.6 Å². The van der Waals surface area contributed by atoms with Crippen molar-refractivity contribution in [1.29, 1.82) is 0 Å². The zero-order valence-electron chi connectivity index (χ0n) is 15.0. The number of fused-ring (bicyclic) bond motifs is 2. The molecular weight excluding hydrogens is 326 g/mol. The van der Waals surface area contributed by atoms with Crippen molar-refractivity contribution in [3.63, 3.8) is 0 Å². The predicted molar refractivity (Wildman–Crippen MR) is 103 cm³/mol. The molecule has 0 atom stereocenters. The normalized spacial score (nSPS) is 11.2. The molecule has 2 aromatic carbocycles. The van der Waals surface area contributed by atoms with E-state index in [0.717, 1.165) is 22.2 Å². The van der Waals surface area contributed by atoms with Crippen molar-refractivity contribution in [2.24, 2.45) is 0 Å². The van der Waals surface area contributed by atoms with E-state index in [1.807, 2.05) is 51.1 Å². The number of anilines is 1. The third-order valence-corrected chi connectivity index (χ3v) is 4.58. The number of nitrogens with zero attached hydrogens (tertiary/aromatic N) is 3. The first-order chi connectivity index (χ1) is 12.6. The number of pyridine rings is 1. The molecular formula is C21H19N3O2. The van der Waals surface area contributed by atoms with Crippen LogP contribution in [0.25, 0.3) is 21.9 Å². The van der Waals surface area contributed by atoms with Gasteiger partial charge in [-0.15, -0.1) is 0 Å². The van der Waals surface area contributed by atoms with Gasteiger partial charge in [-0.05, 0) is 49.7 Å². The summed E-state index contributed by atoms with van der Waals surface area (Å²) in [6, 6.07) is 16.0. The Labute approximate surface area is 151 Å². The molecule has 1 amide bonds. The first-order valence-corrected chi connectivity index (χ1v) is 8.62. The lowest BCUT2D eigenvalue weighted by Crippen LogP contribution is -2.31. The summed E-state index contributed by atoms with van der Waals surface area (Å²) in [5, 5.41) is 6.91. The van der Waals surface area contributed by atoms with Gasteiger partial charge in [0.15, 0.2) is 0 Å². The van der Waals surface area contributed by atoms with Crippen LogP contribution < -0.4 is 4.90 Å². The average molecular weight is 345 g/mol. The molecule has 0 N–H and O–H groups in total.